The van der Waals surface area contributed by atoms with Crippen LogP contribution in [0.2, 0.25) is 0 Å². The monoisotopic (exact) mass is 356 g/mol. The molecule has 26 heavy (non-hydrogen) atoms. The largest absolute Gasteiger partial charge is 0.496 e. The zero-order valence-corrected chi connectivity index (χ0v) is 14.5. The van der Waals surface area contributed by atoms with Gasteiger partial charge in [0.25, 0.3) is 0 Å². The highest BCUT2D eigenvalue weighted by atomic mass is 16.7. The minimum absolute atomic E-state index is 0.0331. The molecule has 0 saturated carbocycles. The minimum Gasteiger partial charge on any atom is -0.496 e. The Bertz CT molecular complexity index is 913. The second kappa shape index (κ2) is 4.64. The topological polar surface area (TPSA) is 99.5 Å². The van der Waals surface area contributed by atoms with E-state index in [2.05, 4.69) is 0 Å². The number of Topliss-reactive ketones (excluding diaryl/α,β-unsaturated/α-hetero) is 1. The lowest BCUT2D eigenvalue weighted by Crippen LogP contribution is -2.48. The Labute approximate surface area is 150 Å². The number of rotatable bonds is 1. The van der Waals surface area contributed by atoms with Crippen LogP contribution in [0.3, 0.4) is 0 Å². The molecule has 6 nitrogen and oxygen atoms in total. The van der Waals surface area contributed by atoms with Crippen LogP contribution in [-0.2, 0) is 9.53 Å². The summed E-state index contributed by atoms with van der Waals surface area (Å²) in [7, 11) is 1.51. The summed E-state index contributed by atoms with van der Waals surface area (Å²) < 4.78 is 11.4. The molecule has 4 aliphatic rings. The molecule has 1 fully saturated rings. The molecule has 1 aromatic carbocycles. The average Bonchev–Trinajstić information content (AvgIpc) is 3.30. The van der Waals surface area contributed by atoms with Gasteiger partial charge >= 0.3 is 0 Å². The number of hydrogen-bond donors (Lipinski definition) is 3. The third-order valence-corrected chi connectivity index (χ3v) is 6.16. The van der Waals surface area contributed by atoms with Gasteiger partial charge in [-0.1, -0.05) is 18.2 Å². The highest BCUT2D eigenvalue weighted by Crippen LogP contribution is 2.72. The number of allylic oxidation sites excluding steroid dienone is 1. The van der Waals surface area contributed by atoms with Crippen molar-refractivity contribution in [2.75, 3.05) is 7.11 Å². The highest BCUT2D eigenvalue weighted by molar-refractivity contribution is 6.02. The van der Waals surface area contributed by atoms with Crippen LogP contribution >= 0.6 is 0 Å². The first kappa shape index (κ1) is 16.2. The van der Waals surface area contributed by atoms with Crippen molar-refractivity contribution in [2.45, 2.75) is 48.8 Å². The lowest BCUT2D eigenvalue weighted by Gasteiger charge is -2.40. The molecule has 1 aliphatic heterocycles. The van der Waals surface area contributed by atoms with Crippen molar-refractivity contribution in [1.29, 1.82) is 0 Å². The molecular formula is C20H20O6. The summed E-state index contributed by atoms with van der Waals surface area (Å²) in [6, 6.07) is 5.18. The first-order valence-electron chi connectivity index (χ1n) is 8.69. The molecule has 1 saturated heterocycles. The van der Waals surface area contributed by atoms with Gasteiger partial charge in [-0.05, 0) is 30.2 Å². The first-order valence-corrected chi connectivity index (χ1v) is 8.69. The molecule has 6 heteroatoms. The van der Waals surface area contributed by atoms with E-state index in [1.807, 2.05) is 0 Å². The number of ether oxygens (including phenoxy) is 2. The molecule has 0 radical (unpaired) electrons. The molecule has 0 spiro atoms. The number of methoxy groups -OCH3 is 1. The number of hydrogen-bond acceptors (Lipinski definition) is 6. The molecule has 136 valence electrons. The Kier molecular flexibility index (Phi) is 2.89. The second-order valence-electron chi connectivity index (χ2n) is 7.91. The summed E-state index contributed by atoms with van der Waals surface area (Å²) in [6.07, 6.45) is 1.54. The number of carbonyl (C=O) groups excluding carboxylic acids is 1. The third kappa shape index (κ3) is 1.64. The van der Waals surface area contributed by atoms with E-state index in [1.165, 1.54) is 7.11 Å². The number of aliphatic hydroxyl groups excluding tert-OH is 2. The third-order valence-electron chi connectivity index (χ3n) is 6.16. The Hall–Kier alpha value is -1.99. The molecule has 1 heterocycles. The van der Waals surface area contributed by atoms with E-state index in [0.717, 1.165) is 0 Å². The number of carbonyl (C=O) groups is 1. The van der Waals surface area contributed by atoms with E-state index in [9.17, 15) is 20.1 Å². The second-order valence-corrected chi connectivity index (χ2v) is 7.91. The van der Waals surface area contributed by atoms with E-state index in [1.54, 1.807) is 37.3 Å². The standard InChI is InChI=1S/C20H20O6/c1-18(24)8-10-6-7-19-17(23)14-11(4-3-5-13(14)25-2)16(22)20(19,26-19)15(10)12(21)9-18/h3-7,16-17,22-24H,8-9H2,1-2H3. The zero-order chi connectivity index (χ0) is 18.5. The minimum atomic E-state index is -1.30. The Morgan fingerprint density at radius 3 is 2.73 bits per heavy atom. The predicted molar refractivity (Wildman–Crippen MR) is 90.5 cm³/mol. The van der Waals surface area contributed by atoms with Gasteiger partial charge in [0.15, 0.2) is 17.0 Å². The van der Waals surface area contributed by atoms with Crippen LogP contribution in [0.4, 0.5) is 0 Å². The van der Waals surface area contributed by atoms with Crippen LogP contribution < -0.4 is 4.74 Å². The van der Waals surface area contributed by atoms with E-state index in [-0.39, 0.29) is 12.2 Å². The van der Waals surface area contributed by atoms with Gasteiger partial charge in [0.1, 0.15) is 18.0 Å². The van der Waals surface area contributed by atoms with Crippen LogP contribution in [-0.4, -0.2) is 45.0 Å². The summed E-state index contributed by atoms with van der Waals surface area (Å²) in [5.41, 5.74) is -1.58. The van der Waals surface area contributed by atoms with Crippen molar-refractivity contribution in [3.05, 3.63) is 52.6 Å². The number of aliphatic hydroxyl groups is 3. The summed E-state index contributed by atoms with van der Waals surface area (Å²) >= 11 is 0. The smallest absolute Gasteiger partial charge is 0.165 e. The van der Waals surface area contributed by atoms with Crippen molar-refractivity contribution >= 4 is 5.78 Å². The Morgan fingerprint density at radius 1 is 1.23 bits per heavy atom. The predicted octanol–water partition coefficient (Wildman–Crippen LogP) is 1.26. The molecule has 0 bridgehead atoms. The maximum Gasteiger partial charge on any atom is 0.165 e. The van der Waals surface area contributed by atoms with Gasteiger partial charge in [-0.2, -0.15) is 0 Å². The van der Waals surface area contributed by atoms with Crippen molar-refractivity contribution in [3.8, 4) is 5.75 Å². The summed E-state index contributed by atoms with van der Waals surface area (Å²) in [5.74, 6) is 0.221. The lowest BCUT2D eigenvalue weighted by molar-refractivity contribution is -0.122. The SMILES string of the molecule is COc1cccc2c1C(O)C13C=CC4=C(C(=O)CC(C)(O)C4)C1(O3)C2O. The van der Waals surface area contributed by atoms with Gasteiger partial charge < -0.3 is 24.8 Å². The van der Waals surface area contributed by atoms with Gasteiger partial charge in [0.05, 0.1) is 12.7 Å². The van der Waals surface area contributed by atoms with Crippen molar-refractivity contribution in [1.82, 2.24) is 0 Å². The van der Waals surface area contributed by atoms with Crippen LogP contribution in [0.1, 0.15) is 43.1 Å². The van der Waals surface area contributed by atoms with Crippen LogP contribution in [0, 0.1) is 0 Å². The molecule has 5 rings (SSSR count). The summed E-state index contributed by atoms with van der Waals surface area (Å²) in [6.45, 7) is 1.63. The lowest BCUT2D eigenvalue weighted by atomic mass is 9.62. The number of epoxide rings is 1. The highest BCUT2D eigenvalue weighted by Gasteiger charge is 2.82. The molecule has 1 aromatic rings. The van der Waals surface area contributed by atoms with Gasteiger partial charge in [-0.25, -0.2) is 0 Å². The molecule has 3 aliphatic carbocycles. The fourth-order valence-corrected chi connectivity index (χ4v) is 5.09. The normalized spacial score (nSPS) is 42.6. The molecule has 5 unspecified atom stereocenters. The first-order chi connectivity index (χ1) is 12.3. The van der Waals surface area contributed by atoms with Crippen LogP contribution in [0.25, 0.3) is 0 Å². The Balaban J connectivity index is 1.74. The molecule has 0 aromatic heterocycles. The van der Waals surface area contributed by atoms with E-state index >= 15 is 0 Å². The van der Waals surface area contributed by atoms with Gasteiger partial charge in [0, 0.05) is 24.0 Å². The molecular weight excluding hydrogens is 336 g/mol. The summed E-state index contributed by atoms with van der Waals surface area (Å²) in [5, 5.41) is 32.7. The number of benzene rings is 1. The van der Waals surface area contributed by atoms with Crippen LogP contribution in [0.15, 0.2) is 41.5 Å². The fraction of sp³-hybridized carbons (Fsp3) is 0.450. The van der Waals surface area contributed by atoms with E-state index < -0.39 is 29.0 Å². The molecule has 0 amide bonds. The van der Waals surface area contributed by atoms with E-state index in [4.69, 9.17) is 9.47 Å². The van der Waals surface area contributed by atoms with Gasteiger partial charge in [0.2, 0.25) is 0 Å². The molecule has 5 atom stereocenters. The number of ketones is 1. The van der Waals surface area contributed by atoms with Crippen molar-refractivity contribution < 1.29 is 29.6 Å². The van der Waals surface area contributed by atoms with E-state index in [0.29, 0.717) is 34.4 Å². The number of fused-ring (bicyclic) bond motifs is 1. The zero-order valence-electron chi connectivity index (χ0n) is 14.5. The van der Waals surface area contributed by atoms with Gasteiger partial charge in [-0.3, -0.25) is 4.79 Å². The maximum atomic E-state index is 12.9. The van der Waals surface area contributed by atoms with Crippen molar-refractivity contribution in [3.63, 3.8) is 0 Å². The van der Waals surface area contributed by atoms with Crippen LogP contribution in [0.5, 0.6) is 5.75 Å². The average molecular weight is 356 g/mol. The van der Waals surface area contributed by atoms with Crippen molar-refractivity contribution in [2.24, 2.45) is 0 Å². The maximum absolute atomic E-state index is 12.9. The van der Waals surface area contributed by atoms with Gasteiger partial charge in [-0.15, -0.1) is 0 Å². The Morgan fingerprint density at radius 2 is 2.00 bits per heavy atom. The summed E-state index contributed by atoms with van der Waals surface area (Å²) in [4.78, 5) is 12.9. The quantitative estimate of drug-likeness (QED) is 0.655. The fourth-order valence-electron chi connectivity index (χ4n) is 5.09. The molecule has 3 N–H and O–H groups in total.